The van der Waals surface area contributed by atoms with Crippen molar-refractivity contribution in [3.05, 3.63) is 24.5 Å². The van der Waals surface area contributed by atoms with Crippen LogP contribution in [0.25, 0.3) is 0 Å². The van der Waals surface area contributed by atoms with Gasteiger partial charge >= 0.3 is 0 Å². The maximum Gasteiger partial charge on any atom is 0 e. The van der Waals surface area contributed by atoms with Crippen molar-refractivity contribution in [1.29, 1.82) is 0 Å². The standard InChI is InChI=1S/C4H4N.Y/c1-2-4-5-3-1;/h1-4H;/q-1;. The molecule has 0 unspecified atom stereocenters. The molecule has 1 rings (SSSR count). The van der Waals surface area contributed by atoms with Gasteiger partial charge in [0, 0.05) is 32.7 Å². The summed E-state index contributed by atoms with van der Waals surface area (Å²) in [5.41, 5.74) is 0. The van der Waals surface area contributed by atoms with Crippen molar-refractivity contribution in [2.45, 2.75) is 0 Å². The van der Waals surface area contributed by atoms with Crippen LogP contribution < -0.4 is 4.98 Å². The van der Waals surface area contributed by atoms with E-state index in [9.17, 15) is 0 Å². The van der Waals surface area contributed by atoms with Crippen molar-refractivity contribution in [1.82, 2.24) is 4.98 Å². The Hall–Kier alpha value is 0.384. The number of aromatic nitrogens is 1. The van der Waals surface area contributed by atoms with E-state index in [0.29, 0.717) is 0 Å². The second-order valence-corrected chi connectivity index (χ2v) is 0.832. The summed E-state index contributed by atoms with van der Waals surface area (Å²) in [4.78, 5) is 3.72. The molecule has 6 heavy (non-hydrogen) atoms. The van der Waals surface area contributed by atoms with Crippen LogP contribution in [0, 0.1) is 0 Å². The molecule has 0 atom stereocenters. The zero-order valence-electron chi connectivity index (χ0n) is 3.33. The zero-order valence-corrected chi connectivity index (χ0v) is 6.17. The predicted molar refractivity (Wildman–Crippen MR) is 19.8 cm³/mol. The molecular formula is C4H4NY-. The Morgan fingerprint density at radius 3 is 1.67 bits per heavy atom. The Balaban J connectivity index is 0.000000250. The summed E-state index contributed by atoms with van der Waals surface area (Å²) in [7, 11) is 0. The molecule has 0 spiro atoms. The largest absolute Gasteiger partial charge is 0.670 e. The van der Waals surface area contributed by atoms with Crippen molar-refractivity contribution in [2.75, 3.05) is 0 Å². The van der Waals surface area contributed by atoms with Crippen LogP contribution in [0.15, 0.2) is 24.5 Å². The van der Waals surface area contributed by atoms with E-state index < -0.39 is 0 Å². The summed E-state index contributed by atoms with van der Waals surface area (Å²) < 4.78 is 0. The van der Waals surface area contributed by atoms with E-state index in [4.69, 9.17) is 0 Å². The molecule has 1 aromatic heterocycles. The molecule has 0 saturated carbocycles. The molecule has 0 bridgehead atoms. The average molecular weight is 155 g/mol. The minimum absolute atomic E-state index is 0. The fraction of sp³-hybridized carbons (Fsp3) is 0. The third-order valence-electron chi connectivity index (χ3n) is 0.455. The van der Waals surface area contributed by atoms with Gasteiger partial charge in [0.1, 0.15) is 0 Å². The molecule has 0 aliphatic carbocycles. The summed E-state index contributed by atoms with van der Waals surface area (Å²) >= 11 is 0. The van der Waals surface area contributed by atoms with Gasteiger partial charge in [0.2, 0.25) is 0 Å². The smallest absolute Gasteiger partial charge is 0 e. The summed E-state index contributed by atoms with van der Waals surface area (Å²) in [6.45, 7) is 0. The van der Waals surface area contributed by atoms with Gasteiger partial charge in [0.05, 0.1) is 0 Å². The fourth-order valence-electron chi connectivity index (χ4n) is 0.248. The topological polar surface area (TPSA) is 14.1 Å². The molecule has 1 heterocycles. The van der Waals surface area contributed by atoms with Crippen LogP contribution in [0.1, 0.15) is 0 Å². The molecule has 0 aromatic carbocycles. The third-order valence-corrected chi connectivity index (χ3v) is 0.455. The van der Waals surface area contributed by atoms with E-state index in [2.05, 4.69) is 4.98 Å². The van der Waals surface area contributed by atoms with Crippen molar-refractivity contribution in [3.63, 3.8) is 0 Å². The van der Waals surface area contributed by atoms with Gasteiger partial charge in [-0.1, -0.05) is 12.1 Å². The van der Waals surface area contributed by atoms with Crippen molar-refractivity contribution < 1.29 is 32.7 Å². The predicted octanol–water partition coefficient (Wildman–Crippen LogP) is 0.641. The normalized spacial score (nSPS) is 6.67. The van der Waals surface area contributed by atoms with Crippen LogP contribution in [0.3, 0.4) is 0 Å². The fourth-order valence-corrected chi connectivity index (χ4v) is 0.248. The SMILES string of the molecule is [Y].c1cc[n-]c1. The van der Waals surface area contributed by atoms with Gasteiger partial charge in [-0.15, -0.1) is 0 Å². The second-order valence-electron chi connectivity index (χ2n) is 0.832. The van der Waals surface area contributed by atoms with Gasteiger partial charge in [0.15, 0.2) is 0 Å². The van der Waals surface area contributed by atoms with Crippen molar-refractivity contribution in [3.8, 4) is 0 Å². The minimum atomic E-state index is 0. The molecule has 1 aromatic rings. The minimum Gasteiger partial charge on any atom is -0.670 e. The van der Waals surface area contributed by atoms with Crippen LogP contribution in [-0.2, 0) is 32.7 Å². The Kier molecular flexibility index (Phi) is 3.80. The van der Waals surface area contributed by atoms with E-state index in [1.54, 1.807) is 12.4 Å². The number of hydrogen-bond acceptors (Lipinski definition) is 0. The molecule has 0 fully saturated rings. The Bertz CT molecular complexity index is 64.0. The van der Waals surface area contributed by atoms with Crippen LogP contribution in [-0.4, -0.2) is 0 Å². The van der Waals surface area contributed by atoms with Crippen LogP contribution in [0.4, 0.5) is 0 Å². The Morgan fingerprint density at radius 1 is 1.00 bits per heavy atom. The average Bonchev–Trinajstić information content (AvgIpc) is 1.76. The van der Waals surface area contributed by atoms with E-state index in [0.717, 1.165) is 0 Å². The second kappa shape index (κ2) is 3.57. The molecule has 2 heteroatoms. The van der Waals surface area contributed by atoms with Gasteiger partial charge in [0.25, 0.3) is 0 Å². The van der Waals surface area contributed by atoms with Gasteiger partial charge in [-0.05, 0) is 0 Å². The molecule has 1 nitrogen and oxygen atoms in total. The summed E-state index contributed by atoms with van der Waals surface area (Å²) in [5.74, 6) is 0. The Morgan fingerprint density at radius 2 is 1.50 bits per heavy atom. The van der Waals surface area contributed by atoms with E-state index in [-0.39, 0.29) is 32.7 Å². The summed E-state index contributed by atoms with van der Waals surface area (Å²) in [5, 5.41) is 0. The molecule has 1 radical (unpaired) electrons. The van der Waals surface area contributed by atoms with Crippen molar-refractivity contribution >= 4 is 0 Å². The van der Waals surface area contributed by atoms with Gasteiger partial charge in [-0.2, -0.15) is 12.4 Å². The molecule has 0 aliphatic rings. The maximum atomic E-state index is 3.72. The van der Waals surface area contributed by atoms with Crippen LogP contribution in [0.2, 0.25) is 0 Å². The first-order valence-corrected chi connectivity index (χ1v) is 1.52. The first kappa shape index (κ1) is 6.38. The zero-order chi connectivity index (χ0) is 3.54. The van der Waals surface area contributed by atoms with Gasteiger partial charge in [-0.3, -0.25) is 0 Å². The number of rotatable bonds is 0. The Labute approximate surface area is 62.0 Å². The summed E-state index contributed by atoms with van der Waals surface area (Å²) in [6.07, 6.45) is 3.50. The van der Waals surface area contributed by atoms with Gasteiger partial charge < -0.3 is 4.98 Å². The first-order chi connectivity index (χ1) is 2.50. The van der Waals surface area contributed by atoms with E-state index in [1.807, 2.05) is 12.1 Å². The maximum absolute atomic E-state index is 3.72. The van der Waals surface area contributed by atoms with Crippen LogP contribution in [0.5, 0.6) is 0 Å². The molecular weight excluding hydrogens is 151 g/mol. The van der Waals surface area contributed by atoms with E-state index in [1.165, 1.54) is 0 Å². The van der Waals surface area contributed by atoms with Crippen LogP contribution >= 0.6 is 0 Å². The monoisotopic (exact) mass is 155 g/mol. The summed E-state index contributed by atoms with van der Waals surface area (Å²) in [6, 6.07) is 3.78. The first-order valence-electron chi connectivity index (χ1n) is 1.52. The quantitative estimate of drug-likeness (QED) is 0.536. The molecule has 29 valence electrons. The number of nitrogens with zero attached hydrogens (tertiary/aromatic N) is 1. The van der Waals surface area contributed by atoms with E-state index >= 15 is 0 Å². The van der Waals surface area contributed by atoms with Crippen molar-refractivity contribution in [2.24, 2.45) is 0 Å². The number of hydrogen-bond donors (Lipinski definition) is 0. The van der Waals surface area contributed by atoms with Gasteiger partial charge in [-0.25, -0.2) is 0 Å². The molecule has 0 N–H and O–H groups in total. The molecule has 0 amide bonds. The third kappa shape index (κ3) is 1.73. The molecule has 0 aliphatic heterocycles. The molecule has 0 saturated heterocycles.